The van der Waals surface area contributed by atoms with E-state index in [-0.39, 0.29) is 5.92 Å². The van der Waals surface area contributed by atoms with Gasteiger partial charge in [-0.2, -0.15) is 0 Å². The minimum atomic E-state index is -2.04. The van der Waals surface area contributed by atoms with E-state index < -0.39 is 21.4 Å². The van der Waals surface area contributed by atoms with Crippen molar-refractivity contribution in [3.05, 3.63) is 0 Å². The summed E-state index contributed by atoms with van der Waals surface area (Å²) in [6.45, 7) is 3.45. The molecule has 2 unspecified atom stereocenters. The second kappa shape index (κ2) is 6.05. The van der Waals surface area contributed by atoms with Gasteiger partial charge in [0.2, 0.25) is 0 Å². The topological polar surface area (TPSA) is 40.1 Å². The van der Waals surface area contributed by atoms with Crippen molar-refractivity contribution >= 4 is 27.0 Å². The largest absolute Gasteiger partial charge is 0.772 e. The van der Waals surface area contributed by atoms with Crippen molar-refractivity contribution in [3.63, 3.8) is 0 Å². The van der Waals surface area contributed by atoms with Crippen LogP contribution < -0.4 is 0 Å². The first-order valence-corrected chi connectivity index (χ1v) is 5.86. The van der Waals surface area contributed by atoms with Gasteiger partial charge in [-0.25, -0.2) is 4.39 Å². The molecule has 0 aliphatic carbocycles. The Morgan fingerprint density at radius 3 is 2.33 bits per heavy atom. The molecular weight excluding hydrogens is 247 g/mol. The maximum atomic E-state index is 12.3. The summed E-state index contributed by atoms with van der Waals surface area (Å²) in [4.78, 5) is 0. The van der Waals surface area contributed by atoms with Gasteiger partial charge in [0.15, 0.2) is 5.08 Å². The van der Waals surface area contributed by atoms with Crippen LogP contribution in [0.5, 0.6) is 0 Å². The molecule has 74 valence electrons. The minimum absolute atomic E-state index is 0.0131. The Morgan fingerprint density at radius 2 is 2.00 bits per heavy atom. The molecule has 0 radical (unpaired) electrons. The van der Waals surface area contributed by atoms with Gasteiger partial charge in [-0.05, 0) is 18.8 Å². The Hall–Kier alpha value is 0.520. The normalized spacial score (nSPS) is 21.4. The molecule has 0 aliphatic rings. The zero-order chi connectivity index (χ0) is 9.72. The molecule has 0 aromatic rings. The van der Waals surface area contributed by atoms with Gasteiger partial charge in [0, 0.05) is 5.25 Å². The van der Waals surface area contributed by atoms with Gasteiger partial charge in [0.25, 0.3) is 0 Å². The maximum Gasteiger partial charge on any atom is 0.154 e. The fourth-order valence-electron chi connectivity index (χ4n) is 0.813. The molecule has 0 saturated carbocycles. The third-order valence-electron chi connectivity index (χ3n) is 1.95. The second-order valence-corrected chi connectivity index (χ2v) is 5.17. The van der Waals surface area contributed by atoms with Gasteiger partial charge in [0.1, 0.15) is 0 Å². The molecule has 5 heteroatoms. The smallest absolute Gasteiger partial charge is 0.154 e. The zero-order valence-electron chi connectivity index (χ0n) is 7.13. The van der Waals surface area contributed by atoms with E-state index >= 15 is 0 Å². The molecule has 0 amide bonds. The second-order valence-electron chi connectivity index (χ2n) is 2.91. The van der Waals surface area contributed by atoms with Crippen molar-refractivity contribution in [3.8, 4) is 0 Å². The molecule has 0 N–H and O–H groups in total. The van der Waals surface area contributed by atoms with E-state index in [4.69, 9.17) is 0 Å². The fraction of sp³-hybridized carbons (Fsp3) is 1.00. The van der Waals surface area contributed by atoms with E-state index in [1.807, 2.05) is 6.92 Å². The van der Waals surface area contributed by atoms with Crippen LogP contribution in [0.3, 0.4) is 0 Å². The molecule has 0 fully saturated rings. The standard InChI is InChI=1S/C7H14BrFO2S/c1-5(3-4-7(8)9)6(2)12(10)11/h5-7H,3-4H2,1-2H3,(H,10,11)/p-1/t5-,6+,7?/m0/s1. The van der Waals surface area contributed by atoms with Crippen LogP contribution in [0.15, 0.2) is 0 Å². The summed E-state index contributed by atoms with van der Waals surface area (Å²) in [6.07, 6.45) is 0.949. The summed E-state index contributed by atoms with van der Waals surface area (Å²) in [6, 6.07) is 0. The number of alkyl halides is 2. The first-order valence-electron chi connectivity index (χ1n) is 3.81. The fourth-order valence-corrected chi connectivity index (χ4v) is 1.59. The lowest BCUT2D eigenvalue weighted by molar-refractivity contribution is 0.383. The predicted octanol–water partition coefficient (Wildman–Crippen LogP) is 2.36. The average Bonchev–Trinajstić information content (AvgIpc) is 1.98. The summed E-state index contributed by atoms with van der Waals surface area (Å²) >= 11 is 0.725. The van der Waals surface area contributed by atoms with Crippen LogP contribution in [0.2, 0.25) is 0 Å². The molecule has 0 aromatic carbocycles. The SMILES string of the molecule is C[C@H]([C@@H](C)CCC(F)Br)S(=O)[O-]. The lowest BCUT2D eigenvalue weighted by Crippen LogP contribution is -2.20. The summed E-state index contributed by atoms with van der Waals surface area (Å²) in [5.74, 6) is 0.0131. The lowest BCUT2D eigenvalue weighted by atomic mass is 10.0. The lowest BCUT2D eigenvalue weighted by Gasteiger charge is -2.21. The highest BCUT2D eigenvalue weighted by Gasteiger charge is 2.13. The number of rotatable bonds is 5. The van der Waals surface area contributed by atoms with Gasteiger partial charge in [0.05, 0.1) is 0 Å². The summed E-state index contributed by atoms with van der Waals surface area (Å²) in [5, 5.41) is -1.41. The molecule has 0 heterocycles. The van der Waals surface area contributed by atoms with E-state index in [0.29, 0.717) is 12.8 Å². The predicted molar refractivity (Wildman–Crippen MR) is 50.6 cm³/mol. The van der Waals surface area contributed by atoms with E-state index in [1.54, 1.807) is 6.92 Å². The number of hydrogen-bond acceptors (Lipinski definition) is 2. The molecule has 2 nitrogen and oxygen atoms in total. The Balaban J connectivity index is 3.71. The summed E-state index contributed by atoms with van der Waals surface area (Å²) in [5.41, 5.74) is 0. The Kier molecular flexibility index (Phi) is 6.31. The Morgan fingerprint density at radius 1 is 1.50 bits per heavy atom. The summed E-state index contributed by atoms with van der Waals surface area (Å²) < 4.78 is 33.2. The molecule has 0 aliphatic heterocycles. The minimum Gasteiger partial charge on any atom is -0.772 e. The Bertz CT molecular complexity index is 154. The van der Waals surface area contributed by atoms with Crippen LogP contribution in [0.1, 0.15) is 26.7 Å². The first-order chi connectivity index (χ1) is 5.45. The third kappa shape index (κ3) is 5.22. The summed E-state index contributed by atoms with van der Waals surface area (Å²) in [7, 11) is 0. The van der Waals surface area contributed by atoms with Gasteiger partial charge in [-0.15, -0.1) is 0 Å². The van der Waals surface area contributed by atoms with E-state index in [2.05, 4.69) is 15.9 Å². The van der Waals surface area contributed by atoms with Crippen molar-refractivity contribution in [2.24, 2.45) is 5.92 Å². The third-order valence-corrected chi connectivity index (χ3v) is 3.47. The first kappa shape index (κ1) is 12.5. The van der Waals surface area contributed by atoms with Crippen molar-refractivity contribution in [1.29, 1.82) is 0 Å². The molecule has 0 saturated heterocycles. The van der Waals surface area contributed by atoms with E-state index in [1.165, 1.54) is 0 Å². The molecule has 0 bridgehead atoms. The molecule has 0 aromatic heterocycles. The van der Waals surface area contributed by atoms with Gasteiger partial charge in [-0.1, -0.05) is 40.9 Å². The quantitative estimate of drug-likeness (QED) is 0.562. The molecule has 12 heavy (non-hydrogen) atoms. The molecule has 0 spiro atoms. The average molecular weight is 260 g/mol. The number of hydrogen-bond donors (Lipinski definition) is 0. The van der Waals surface area contributed by atoms with Crippen LogP contribution in [-0.2, 0) is 11.1 Å². The van der Waals surface area contributed by atoms with E-state index in [0.717, 1.165) is 0 Å². The van der Waals surface area contributed by atoms with Crippen molar-refractivity contribution < 1.29 is 13.2 Å². The highest BCUT2D eigenvalue weighted by molar-refractivity contribution is 9.09. The van der Waals surface area contributed by atoms with Crippen molar-refractivity contribution in [2.75, 3.05) is 0 Å². The highest BCUT2D eigenvalue weighted by Crippen LogP contribution is 2.19. The monoisotopic (exact) mass is 259 g/mol. The molecular formula is C7H13BrFO2S-. The van der Waals surface area contributed by atoms with Crippen LogP contribution in [0.4, 0.5) is 4.39 Å². The van der Waals surface area contributed by atoms with Crippen molar-refractivity contribution in [2.45, 2.75) is 37.0 Å². The van der Waals surface area contributed by atoms with Crippen LogP contribution in [0.25, 0.3) is 0 Å². The molecule has 0 rings (SSSR count). The van der Waals surface area contributed by atoms with Crippen LogP contribution in [0, 0.1) is 5.92 Å². The maximum absolute atomic E-state index is 12.3. The Labute approximate surface area is 83.3 Å². The highest BCUT2D eigenvalue weighted by atomic mass is 79.9. The van der Waals surface area contributed by atoms with Gasteiger partial charge in [-0.3, -0.25) is 4.21 Å². The van der Waals surface area contributed by atoms with E-state index in [9.17, 15) is 13.2 Å². The number of halogens is 2. The van der Waals surface area contributed by atoms with Gasteiger partial charge >= 0.3 is 0 Å². The van der Waals surface area contributed by atoms with Crippen molar-refractivity contribution in [1.82, 2.24) is 0 Å². The molecule has 4 atom stereocenters. The van der Waals surface area contributed by atoms with Crippen LogP contribution >= 0.6 is 15.9 Å². The van der Waals surface area contributed by atoms with Crippen LogP contribution in [-0.4, -0.2) is 19.1 Å². The zero-order valence-corrected chi connectivity index (χ0v) is 9.53. The van der Waals surface area contributed by atoms with Gasteiger partial charge < -0.3 is 4.55 Å².